The number of aromatic nitrogens is 3. The summed E-state index contributed by atoms with van der Waals surface area (Å²) in [6.07, 6.45) is 3.95. The van der Waals surface area contributed by atoms with Crippen molar-refractivity contribution in [2.45, 2.75) is 52.1 Å². The van der Waals surface area contributed by atoms with Crippen molar-refractivity contribution in [3.05, 3.63) is 11.9 Å². The molecule has 0 radical (unpaired) electrons. The Morgan fingerprint density at radius 1 is 1.29 bits per heavy atom. The van der Waals surface area contributed by atoms with Gasteiger partial charge in [0.1, 0.15) is 0 Å². The van der Waals surface area contributed by atoms with E-state index in [0.29, 0.717) is 13.1 Å². The Labute approximate surface area is 123 Å². The average molecular weight is 297 g/mol. The molecule has 1 heterocycles. The molecule has 118 valence electrons. The van der Waals surface area contributed by atoms with Gasteiger partial charge in [-0.3, -0.25) is 0 Å². The number of urea groups is 1. The summed E-state index contributed by atoms with van der Waals surface area (Å²) in [5.74, 6) is -1.12. The van der Waals surface area contributed by atoms with Crippen LogP contribution in [-0.4, -0.2) is 44.2 Å². The van der Waals surface area contributed by atoms with Crippen LogP contribution in [0.25, 0.3) is 0 Å². The first-order valence-corrected chi connectivity index (χ1v) is 7.15. The van der Waals surface area contributed by atoms with Crippen molar-refractivity contribution in [2.24, 2.45) is 0 Å². The summed E-state index contributed by atoms with van der Waals surface area (Å²) in [6, 6.07) is -0.223. The molecule has 0 unspecified atom stereocenters. The monoisotopic (exact) mass is 297 g/mol. The molecule has 1 rings (SSSR count). The molecule has 21 heavy (non-hydrogen) atoms. The molecule has 0 saturated carbocycles. The maximum atomic E-state index is 11.9. The number of rotatable bonds is 8. The van der Waals surface area contributed by atoms with E-state index in [1.807, 2.05) is 0 Å². The van der Waals surface area contributed by atoms with Gasteiger partial charge in [0.2, 0.25) is 0 Å². The second-order valence-corrected chi connectivity index (χ2v) is 4.89. The standard InChI is InChI=1S/C13H23N5O3/c1-4-13(5-2,6-3)15-12(21)14-7-8-18-9-10(11(19)20)16-17-18/h9H,4-8H2,1-3H3,(H,19,20)(H2,14,15,21). The Hall–Kier alpha value is -2.12. The second kappa shape index (κ2) is 7.61. The zero-order valence-electron chi connectivity index (χ0n) is 12.7. The lowest BCUT2D eigenvalue weighted by Gasteiger charge is -2.31. The zero-order valence-corrected chi connectivity index (χ0v) is 12.7. The van der Waals surface area contributed by atoms with Crippen LogP contribution >= 0.6 is 0 Å². The van der Waals surface area contributed by atoms with E-state index in [1.165, 1.54) is 10.9 Å². The lowest BCUT2D eigenvalue weighted by Crippen LogP contribution is -2.51. The molecule has 0 aliphatic carbocycles. The summed E-state index contributed by atoms with van der Waals surface area (Å²) in [5, 5.41) is 21.6. The molecule has 2 amide bonds. The lowest BCUT2D eigenvalue weighted by atomic mass is 9.90. The first kappa shape index (κ1) is 16.9. The molecule has 0 aliphatic rings. The van der Waals surface area contributed by atoms with Crippen molar-refractivity contribution in [3.63, 3.8) is 0 Å². The third-order valence-electron chi connectivity index (χ3n) is 3.79. The average Bonchev–Trinajstić information content (AvgIpc) is 2.94. The van der Waals surface area contributed by atoms with Crippen LogP contribution in [0.5, 0.6) is 0 Å². The second-order valence-electron chi connectivity index (χ2n) is 4.89. The first-order chi connectivity index (χ1) is 9.96. The summed E-state index contributed by atoms with van der Waals surface area (Å²) in [5.41, 5.74) is -0.283. The minimum absolute atomic E-state index is 0.110. The smallest absolute Gasteiger partial charge is 0.358 e. The van der Waals surface area contributed by atoms with E-state index in [2.05, 4.69) is 41.7 Å². The van der Waals surface area contributed by atoms with Gasteiger partial charge in [-0.15, -0.1) is 5.10 Å². The fraction of sp³-hybridized carbons (Fsp3) is 0.692. The quantitative estimate of drug-likeness (QED) is 0.669. The SMILES string of the molecule is CCC(CC)(CC)NC(=O)NCCn1cc(C(=O)O)nn1. The van der Waals surface area contributed by atoms with Gasteiger partial charge in [-0.1, -0.05) is 26.0 Å². The predicted molar refractivity (Wildman–Crippen MR) is 77.1 cm³/mol. The number of carbonyl (C=O) groups excluding carboxylic acids is 1. The predicted octanol–water partition coefficient (Wildman–Crippen LogP) is 1.24. The molecule has 0 fully saturated rings. The highest BCUT2D eigenvalue weighted by molar-refractivity contribution is 5.84. The topological polar surface area (TPSA) is 109 Å². The molecule has 0 bridgehead atoms. The summed E-state index contributed by atoms with van der Waals surface area (Å²) < 4.78 is 1.39. The number of amides is 2. The van der Waals surface area contributed by atoms with Crippen LogP contribution in [0.15, 0.2) is 6.20 Å². The molecule has 8 heteroatoms. The van der Waals surface area contributed by atoms with E-state index < -0.39 is 5.97 Å². The molecular formula is C13H23N5O3. The summed E-state index contributed by atoms with van der Waals surface area (Å²) in [6.45, 7) is 6.87. The number of hydrogen-bond donors (Lipinski definition) is 3. The lowest BCUT2D eigenvalue weighted by molar-refractivity contribution is 0.0690. The van der Waals surface area contributed by atoms with E-state index in [1.54, 1.807) is 0 Å². The van der Waals surface area contributed by atoms with Gasteiger partial charge in [-0.25, -0.2) is 14.3 Å². The Morgan fingerprint density at radius 3 is 2.38 bits per heavy atom. The van der Waals surface area contributed by atoms with Crippen LogP contribution in [0.1, 0.15) is 50.5 Å². The van der Waals surface area contributed by atoms with Gasteiger partial charge in [-0.05, 0) is 19.3 Å². The van der Waals surface area contributed by atoms with Crippen molar-refractivity contribution in [1.29, 1.82) is 0 Å². The van der Waals surface area contributed by atoms with Gasteiger partial charge in [0.25, 0.3) is 0 Å². The molecule has 0 aliphatic heterocycles. The molecule has 8 nitrogen and oxygen atoms in total. The minimum atomic E-state index is -1.12. The van der Waals surface area contributed by atoms with E-state index in [9.17, 15) is 9.59 Å². The highest BCUT2D eigenvalue weighted by Crippen LogP contribution is 2.18. The van der Waals surface area contributed by atoms with Gasteiger partial charge in [0.15, 0.2) is 5.69 Å². The Morgan fingerprint density at radius 2 is 1.90 bits per heavy atom. The van der Waals surface area contributed by atoms with Crippen molar-refractivity contribution in [1.82, 2.24) is 25.6 Å². The molecule has 0 spiro atoms. The number of carboxylic acid groups (broad SMARTS) is 1. The molecule has 0 atom stereocenters. The van der Waals surface area contributed by atoms with E-state index in [4.69, 9.17) is 5.11 Å². The third kappa shape index (κ3) is 4.73. The molecular weight excluding hydrogens is 274 g/mol. The largest absolute Gasteiger partial charge is 0.476 e. The molecule has 0 saturated heterocycles. The number of hydrogen-bond acceptors (Lipinski definition) is 4. The van der Waals surface area contributed by atoms with E-state index in [0.717, 1.165) is 19.3 Å². The number of aromatic carboxylic acids is 1. The number of carbonyl (C=O) groups is 2. The number of carboxylic acids is 1. The first-order valence-electron chi connectivity index (χ1n) is 7.15. The van der Waals surface area contributed by atoms with Crippen molar-refractivity contribution in [2.75, 3.05) is 6.54 Å². The summed E-state index contributed by atoms with van der Waals surface area (Å²) >= 11 is 0. The van der Waals surface area contributed by atoms with Crippen LogP contribution in [-0.2, 0) is 6.54 Å². The van der Waals surface area contributed by atoms with Crippen LogP contribution in [0.3, 0.4) is 0 Å². The zero-order chi connectivity index (χ0) is 15.9. The van der Waals surface area contributed by atoms with Crippen LogP contribution < -0.4 is 10.6 Å². The number of nitrogens with one attached hydrogen (secondary N) is 2. The molecule has 1 aromatic rings. The Bertz CT molecular complexity index is 474. The van der Waals surface area contributed by atoms with E-state index >= 15 is 0 Å². The molecule has 1 aromatic heterocycles. The highest BCUT2D eigenvalue weighted by atomic mass is 16.4. The highest BCUT2D eigenvalue weighted by Gasteiger charge is 2.25. The van der Waals surface area contributed by atoms with Gasteiger partial charge in [-0.2, -0.15) is 0 Å². The summed E-state index contributed by atoms with van der Waals surface area (Å²) in [4.78, 5) is 22.5. The normalized spacial score (nSPS) is 11.2. The van der Waals surface area contributed by atoms with Crippen molar-refractivity contribution in [3.8, 4) is 0 Å². The molecule has 0 aromatic carbocycles. The van der Waals surface area contributed by atoms with Crippen molar-refractivity contribution >= 4 is 12.0 Å². The fourth-order valence-electron chi connectivity index (χ4n) is 2.09. The minimum Gasteiger partial charge on any atom is -0.476 e. The molecule has 3 N–H and O–H groups in total. The van der Waals surface area contributed by atoms with E-state index in [-0.39, 0.29) is 17.3 Å². The van der Waals surface area contributed by atoms with Crippen LogP contribution in [0, 0.1) is 0 Å². The maximum Gasteiger partial charge on any atom is 0.358 e. The maximum absolute atomic E-state index is 11.9. The fourth-order valence-corrected chi connectivity index (χ4v) is 2.09. The van der Waals surface area contributed by atoms with Gasteiger partial charge >= 0.3 is 12.0 Å². The third-order valence-corrected chi connectivity index (χ3v) is 3.79. The number of nitrogens with zero attached hydrogens (tertiary/aromatic N) is 3. The Kier molecular flexibility index (Phi) is 6.13. The van der Waals surface area contributed by atoms with Crippen LogP contribution in [0.4, 0.5) is 4.79 Å². The van der Waals surface area contributed by atoms with Gasteiger partial charge in [0, 0.05) is 12.1 Å². The van der Waals surface area contributed by atoms with Gasteiger partial charge in [0.05, 0.1) is 12.7 Å². The van der Waals surface area contributed by atoms with Crippen molar-refractivity contribution < 1.29 is 14.7 Å². The summed E-state index contributed by atoms with van der Waals surface area (Å²) in [7, 11) is 0. The van der Waals surface area contributed by atoms with Crippen LogP contribution in [0.2, 0.25) is 0 Å². The Balaban J connectivity index is 2.41. The van der Waals surface area contributed by atoms with Gasteiger partial charge < -0.3 is 15.7 Å².